The summed E-state index contributed by atoms with van der Waals surface area (Å²) in [6, 6.07) is 8.49. The van der Waals surface area contributed by atoms with Gasteiger partial charge in [-0.05, 0) is 12.1 Å². The van der Waals surface area contributed by atoms with Gasteiger partial charge in [0, 0.05) is 10.8 Å². The highest BCUT2D eigenvalue weighted by atomic mass is 32.2. The Morgan fingerprint density at radius 2 is 1.53 bits per heavy atom. The molecule has 2 rings (SSSR count). The van der Waals surface area contributed by atoms with E-state index in [0.29, 0.717) is 0 Å². The fourth-order valence-corrected chi connectivity index (χ4v) is 2.16. The molecule has 1 radical (unpaired) electrons. The highest BCUT2D eigenvalue weighted by molar-refractivity contribution is 7.86. The molecule has 0 atom stereocenters. The zero-order chi connectivity index (χ0) is 11.1. The third kappa shape index (κ3) is 1.67. The van der Waals surface area contributed by atoms with E-state index in [1.807, 2.05) is 0 Å². The predicted molar refractivity (Wildman–Crippen MR) is 53.9 cm³/mol. The molecule has 0 fully saturated rings. The van der Waals surface area contributed by atoms with Gasteiger partial charge in [0.25, 0.3) is 10.1 Å². The average Bonchev–Trinajstić information content (AvgIpc) is 2.17. The van der Waals surface area contributed by atoms with Crippen LogP contribution >= 0.6 is 0 Å². The van der Waals surface area contributed by atoms with Crippen molar-refractivity contribution in [3.63, 3.8) is 0 Å². The first-order valence-corrected chi connectivity index (χ1v) is 5.60. The van der Waals surface area contributed by atoms with Crippen molar-refractivity contribution in [1.82, 2.24) is 0 Å². The maximum atomic E-state index is 11.4. The Hall–Kier alpha value is -1.59. The lowest BCUT2D eigenvalue weighted by molar-refractivity contribution is 0.360. The first kappa shape index (κ1) is 9.95. The van der Waals surface area contributed by atoms with Gasteiger partial charge in [-0.2, -0.15) is 8.42 Å². The van der Waals surface area contributed by atoms with Crippen molar-refractivity contribution in [3.8, 4) is 5.75 Å². The largest absolute Gasteiger partial charge is 0.295 e. The second-order valence-electron chi connectivity index (χ2n) is 3.08. The number of benzene rings is 2. The van der Waals surface area contributed by atoms with Crippen LogP contribution in [-0.2, 0) is 15.2 Å². The second-order valence-corrected chi connectivity index (χ2v) is 4.47. The summed E-state index contributed by atoms with van der Waals surface area (Å²) in [4.78, 5) is -0.238. The van der Waals surface area contributed by atoms with Gasteiger partial charge in [-0.15, -0.1) is 0 Å². The molecule has 0 amide bonds. The Kier molecular flexibility index (Phi) is 2.13. The van der Waals surface area contributed by atoms with Crippen LogP contribution < -0.4 is 0 Å². The van der Waals surface area contributed by atoms with Crippen LogP contribution in [0.1, 0.15) is 0 Å². The highest BCUT2D eigenvalue weighted by Crippen LogP contribution is 2.30. The molecule has 0 aliphatic carbocycles. The summed E-state index contributed by atoms with van der Waals surface area (Å²) >= 11 is 0. The van der Waals surface area contributed by atoms with Crippen LogP contribution in [0.15, 0.2) is 41.3 Å². The van der Waals surface area contributed by atoms with Gasteiger partial charge >= 0.3 is 0 Å². The Balaban J connectivity index is 2.96. The molecule has 0 saturated heterocycles. The lowest BCUT2D eigenvalue weighted by Gasteiger charge is -2.03. The van der Waals surface area contributed by atoms with Crippen molar-refractivity contribution >= 4 is 20.9 Å². The van der Waals surface area contributed by atoms with Crippen LogP contribution in [0, 0.1) is 0 Å². The third-order valence-corrected chi connectivity index (χ3v) is 3.03. The summed E-state index contributed by atoms with van der Waals surface area (Å²) in [5, 5.41) is 11.9. The van der Waals surface area contributed by atoms with E-state index in [4.69, 9.17) is 4.55 Å². The molecule has 2 aromatic carbocycles. The molecular formula is C10H7O4S. The first-order valence-electron chi connectivity index (χ1n) is 4.16. The number of hydrogen-bond donors (Lipinski definition) is 1. The summed E-state index contributed by atoms with van der Waals surface area (Å²) in [7, 11) is -4.29. The first-order chi connectivity index (χ1) is 7.00. The van der Waals surface area contributed by atoms with Gasteiger partial charge in [0.05, 0.1) is 0 Å². The minimum Gasteiger partial charge on any atom is -0.289 e. The smallest absolute Gasteiger partial charge is 0.289 e. The van der Waals surface area contributed by atoms with Crippen LogP contribution in [0.4, 0.5) is 0 Å². The van der Waals surface area contributed by atoms with Gasteiger partial charge in [0.15, 0.2) is 5.75 Å². The standard InChI is InChI=1S/C10H7O4S/c11-9-5-6-10(15(12,13)14)8-4-2-1-3-7(8)9/h1-6H,(H,12,13,14). The number of fused-ring (bicyclic) bond motifs is 1. The van der Waals surface area contributed by atoms with Gasteiger partial charge < -0.3 is 0 Å². The molecule has 0 aliphatic heterocycles. The quantitative estimate of drug-likeness (QED) is 0.753. The predicted octanol–water partition coefficient (Wildman–Crippen LogP) is 2.23. The summed E-state index contributed by atoms with van der Waals surface area (Å²) < 4.78 is 31.0. The van der Waals surface area contributed by atoms with Crippen LogP contribution in [-0.4, -0.2) is 13.0 Å². The molecule has 0 bridgehead atoms. The fourth-order valence-electron chi connectivity index (χ4n) is 1.47. The summed E-state index contributed by atoms with van der Waals surface area (Å²) in [6.45, 7) is 0. The molecule has 77 valence electrons. The van der Waals surface area contributed by atoms with Crippen LogP contribution in [0.25, 0.3) is 10.8 Å². The Labute approximate surface area is 86.5 Å². The van der Waals surface area contributed by atoms with E-state index in [2.05, 4.69) is 0 Å². The molecule has 4 nitrogen and oxygen atoms in total. The molecule has 0 heterocycles. The van der Waals surface area contributed by atoms with Gasteiger partial charge in [0.1, 0.15) is 4.90 Å². The molecule has 1 N–H and O–H groups in total. The van der Waals surface area contributed by atoms with Crippen LogP contribution in [0.5, 0.6) is 5.75 Å². The molecular weight excluding hydrogens is 216 g/mol. The maximum Gasteiger partial charge on any atom is 0.295 e. The highest BCUT2D eigenvalue weighted by Gasteiger charge is 2.15. The lowest BCUT2D eigenvalue weighted by atomic mass is 10.1. The number of hydrogen-bond acceptors (Lipinski definition) is 2. The monoisotopic (exact) mass is 223 g/mol. The SMILES string of the molecule is [O]c1ccc(S(=O)(=O)O)c2ccccc12. The molecule has 0 aromatic heterocycles. The average molecular weight is 223 g/mol. The fraction of sp³-hybridized carbons (Fsp3) is 0. The normalized spacial score (nSPS) is 11.8. The molecule has 0 saturated carbocycles. The van der Waals surface area contributed by atoms with Crippen LogP contribution in [0.3, 0.4) is 0 Å². The molecule has 0 unspecified atom stereocenters. The summed E-state index contributed by atoms with van der Waals surface area (Å²) in [5.41, 5.74) is 0. The minimum absolute atomic E-state index is 0.238. The lowest BCUT2D eigenvalue weighted by Crippen LogP contribution is -1.98. The van der Waals surface area contributed by atoms with E-state index >= 15 is 0 Å². The van der Waals surface area contributed by atoms with E-state index in [0.717, 1.165) is 12.1 Å². The summed E-state index contributed by atoms with van der Waals surface area (Å²) in [6.07, 6.45) is 0. The molecule has 15 heavy (non-hydrogen) atoms. The van der Waals surface area contributed by atoms with E-state index in [1.165, 1.54) is 12.1 Å². The Bertz CT molecular complexity index is 616. The van der Waals surface area contributed by atoms with E-state index in [9.17, 15) is 13.5 Å². The summed E-state index contributed by atoms with van der Waals surface area (Å²) in [5.74, 6) is -0.266. The Morgan fingerprint density at radius 1 is 0.933 bits per heavy atom. The van der Waals surface area contributed by atoms with Gasteiger partial charge in [-0.1, -0.05) is 24.3 Å². The van der Waals surface area contributed by atoms with E-state index in [1.54, 1.807) is 12.1 Å². The van der Waals surface area contributed by atoms with Crippen molar-refractivity contribution in [2.75, 3.05) is 0 Å². The molecule has 5 heteroatoms. The number of rotatable bonds is 1. The van der Waals surface area contributed by atoms with Crippen molar-refractivity contribution in [2.24, 2.45) is 0 Å². The van der Waals surface area contributed by atoms with E-state index < -0.39 is 10.1 Å². The molecule has 0 spiro atoms. The Morgan fingerprint density at radius 3 is 2.13 bits per heavy atom. The minimum atomic E-state index is -4.29. The van der Waals surface area contributed by atoms with E-state index in [-0.39, 0.29) is 21.4 Å². The van der Waals surface area contributed by atoms with Crippen molar-refractivity contribution in [3.05, 3.63) is 36.4 Å². The maximum absolute atomic E-state index is 11.4. The second kappa shape index (κ2) is 3.22. The zero-order valence-electron chi connectivity index (χ0n) is 7.54. The molecule has 0 aliphatic rings. The van der Waals surface area contributed by atoms with Gasteiger partial charge in [-0.3, -0.25) is 9.66 Å². The topological polar surface area (TPSA) is 74.3 Å². The zero-order valence-corrected chi connectivity index (χ0v) is 8.36. The van der Waals surface area contributed by atoms with Crippen molar-refractivity contribution in [2.45, 2.75) is 4.90 Å². The van der Waals surface area contributed by atoms with Crippen molar-refractivity contribution < 1.29 is 18.1 Å². The van der Waals surface area contributed by atoms with Crippen LogP contribution in [0.2, 0.25) is 0 Å². The van der Waals surface area contributed by atoms with Gasteiger partial charge in [0.2, 0.25) is 0 Å². The third-order valence-electron chi connectivity index (χ3n) is 2.12. The van der Waals surface area contributed by atoms with Gasteiger partial charge in [-0.25, -0.2) is 0 Å². The van der Waals surface area contributed by atoms with Crippen molar-refractivity contribution in [1.29, 1.82) is 0 Å². The molecule has 2 aromatic rings.